The number of ether oxygens (including phenoxy) is 1. The molecule has 3 N–H and O–H groups in total. The van der Waals surface area contributed by atoms with Crippen molar-refractivity contribution in [2.24, 2.45) is 0 Å². The van der Waals surface area contributed by atoms with Gasteiger partial charge >= 0.3 is 12.0 Å². The summed E-state index contributed by atoms with van der Waals surface area (Å²) in [4.78, 5) is 22.0. The average molecular weight is 280 g/mol. The Balaban J connectivity index is 2.33. The molecule has 0 saturated carbocycles. The van der Waals surface area contributed by atoms with Crippen LogP contribution in [0, 0.1) is 0 Å². The van der Waals surface area contributed by atoms with Crippen molar-refractivity contribution in [3.8, 4) is 0 Å². The summed E-state index contributed by atoms with van der Waals surface area (Å²) in [5.74, 6) is -0.817. The molecule has 6 nitrogen and oxygen atoms in total. The molecule has 0 unspecified atom stereocenters. The third-order valence-corrected chi connectivity index (χ3v) is 2.65. The molecule has 110 valence electrons. The van der Waals surface area contributed by atoms with Crippen LogP contribution in [0.25, 0.3) is 0 Å². The van der Waals surface area contributed by atoms with E-state index in [0.717, 1.165) is 12.0 Å². The van der Waals surface area contributed by atoms with Gasteiger partial charge in [0.05, 0.1) is 0 Å². The van der Waals surface area contributed by atoms with Crippen molar-refractivity contribution in [3.05, 3.63) is 29.8 Å². The summed E-state index contributed by atoms with van der Waals surface area (Å²) in [5.41, 5.74) is 1.60. The van der Waals surface area contributed by atoms with E-state index >= 15 is 0 Å². The van der Waals surface area contributed by atoms with Crippen molar-refractivity contribution in [2.75, 3.05) is 25.6 Å². The van der Waals surface area contributed by atoms with Gasteiger partial charge in [0.1, 0.15) is 0 Å². The first-order chi connectivity index (χ1) is 9.61. The molecule has 2 amide bonds. The summed E-state index contributed by atoms with van der Waals surface area (Å²) in [6.45, 7) is 1.16. The number of nitrogens with one attached hydrogen (secondary N) is 2. The minimum Gasteiger partial charge on any atom is -0.481 e. The molecule has 6 heteroatoms. The van der Waals surface area contributed by atoms with Gasteiger partial charge in [0, 0.05) is 32.4 Å². The van der Waals surface area contributed by atoms with E-state index in [1.807, 2.05) is 12.1 Å². The molecule has 0 spiro atoms. The number of carboxylic acid groups (broad SMARTS) is 1. The van der Waals surface area contributed by atoms with Crippen molar-refractivity contribution < 1.29 is 19.4 Å². The molecular weight excluding hydrogens is 260 g/mol. The zero-order valence-electron chi connectivity index (χ0n) is 11.5. The first-order valence-electron chi connectivity index (χ1n) is 6.46. The number of carbonyl (C=O) groups is 2. The monoisotopic (exact) mass is 280 g/mol. The summed E-state index contributed by atoms with van der Waals surface area (Å²) < 4.78 is 4.88. The van der Waals surface area contributed by atoms with E-state index in [0.29, 0.717) is 25.3 Å². The van der Waals surface area contributed by atoms with E-state index < -0.39 is 5.97 Å². The highest BCUT2D eigenvalue weighted by Crippen LogP contribution is 2.10. The standard InChI is InChI=1S/C14H20N2O4/c1-20-10-2-9-15-14(19)16-12-6-3-11(4-7-12)5-8-13(17)18/h3-4,6-7H,2,5,8-10H2,1H3,(H,17,18)(H2,15,16,19). The Labute approximate surface area is 118 Å². The summed E-state index contributed by atoms with van der Waals surface area (Å²) in [6, 6.07) is 6.87. The van der Waals surface area contributed by atoms with E-state index in [-0.39, 0.29) is 12.5 Å². The molecule has 20 heavy (non-hydrogen) atoms. The van der Waals surface area contributed by atoms with Gasteiger partial charge < -0.3 is 20.5 Å². The number of aliphatic carboxylic acids is 1. The number of rotatable bonds is 8. The van der Waals surface area contributed by atoms with Crippen LogP contribution in [0.15, 0.2) is 24.3 Å². The Morgan fingerprint density at radius 3 is 2.55 bits per heavy atom. The highest BCUT2D eigenvalue weighted by atomic mass is 16.5. The second-order valence-electron chi connectivity index (χ2n) is 4.32. The van der Waals surface area contributed by atoms with Crippen molar-refractivity contribution >= 4 is 17.7 Å². The number of methoxy groups -OCH3 is 1. The Bertz CT molecular complexity index is 431. The second kappa shape index (κ2) is 8.92. The molecule has 0 heterocycles. The zero-order chi connectivity index (χ0) is 14.8. The lowest BCUT2D eigenvalue weighted by molar-refractivity contribution is -0.136. The second-order valence-corrected chi connectivity index (χ2v) is 4.32. The molecule has 1 aromatic rings. The smallest absolute Gasteiger partial charge is 0.319 e. The summed E-state index contributed by atoms with van der Waals surface area (Å²) in [7, 11) is 1.62. The van der Waals surface area contributed by atoms with Gasteiger partial charge in [0.15, 0.2) is 0 Å². The quantitative estimate of drug-likeness (QED) is 0.634. The summed E-state index contributed by atoms with van der Waals surface area (Å²) in [5, 5.41) is 14.0. The lowest BCUT2D eigenvalue weighted by Gasteiger charge is -2.08. The van der Waals surface area contributed by atoms with E-state index in [1.54, 1.807) is 19.2 Å². The fraction of sp³-hybridized carbons (Fsp3) is 0.429. The Morgan fingerprint density at radius 2 is 1.95 bits per heavy atom. The number of hydrogen-bond acceptors (Lipinski definition) is 3. The van der Waals surface area contributed by atoms with Gasteiger partial charge in [-0.1, -0.05) is 12.1 Å². The van der Waals surface area contributed by atoms with E-state index in [1.165, 1.54) is 0 Å². The predicted molar refractivity (Wildman–Crippen MR) is 75.9 cm³/mol. The van der Waals surface area contributed by atoms with Gasteiger partial charge in [-0.25, -0.2) is 4.79 Å². The SMILES string of the molecule is COCCCNC(=O)Nc1ccc(CCC(=O)O)cc1. The fourth-order valence-electron chi connectivity index (χ4n) is 1.60. The summed E-state index contributed by atoms with van der Waals surface area (Å²) >= 11 is 0. The number of anilines is 1. The topological polar surface area (TPSA) is 87.7 Å². The molecule has 0 saturated heterocycles. The van der Waals surface area contributed by atoms with Gasteiger partial charge in [-0.3, -0.25) is 4.79 Å². The lowest BCUT2D eigenvalue weighted by atomic mass is 10.1. The number of aryl methyl sites for hydroxylation is 1. The number of urea groups is 1. The predicted octanol–water partition coefficient (Wildman–Crippen LogP) is 1.86. The van der Waals surface area contributed by atoms with Crippen molar-refractivity contribution in [1.82, 2.24) is 5.32 Å². The van der Waals surface area contributed by atoms with E-state index in [2.05, 4.69) is 10.6 Å². The fourth-order valence-corrected chi connectivity index (χ4v) is 1.60. The van der Waals surface area contributed by atoms with Crippen LogP contribution in [0.3, 0.4) is 0 Å². The largest absolute Gasteiger partial charge is 0.481 e. The first kappa shape index (κ1) is 16.0. The van der Waals surface area contributed by atoms with Crippen LogP contribution in [0.1, 0.15) is 18.4 Å². The zero-order valence-corrected chi connectivity index (χ0v) is 11.5. The molecule has 0 aliphatic heterocycles. The van der Waals surface area contributed by atoms with Crippen LogP contribution in [-0.4, -0.2) is 37.4 Å². The highest BCUT2D eigenvalue weighted by Gasteiger charge is 2.02. The number of hydrogen-bond donors (Lipinski definition) is 3. The van der Waals surface area contributed by atoms with Crippen LogP contribution in [-0.2, 0) is 16.0 Å². The minimum absolute atomic E-state index is 0.104. The highest BCUT2D eigenvalue weighted by molar-refractivity contribution is 5.89. The molecule has 0 aliphatic rings. The van der Waals surface area contributed by atoms with Gasteiger partial charge in [-0.15, -0.1) is 0 Å². The first-order valence-corrected chi connectivity index (χ1v) is 6.46. The van der Waals surface area contributed by atoms with Gasteiger partial charge in [0.2, 0.25) is 0 Å². The van der Waals surface area contributed by atoms with Crippen LogP contribution < -0.4 is 10.6 Å². The maximum absolute atomic E-state index is 11.5. The van der Waals surface area contributed by atoms with E-state index in [9.17, 15) is 9.59 Å². The third-order valence-electron chi connectivity index (χ3n) is 2.65. The van der Waals surface area contributed by atoms with Crippen LogP contribution in [0.5, 0.6) is 0 Å². The molecular formula is C14H20N2O4. The van der Waals surface area contributed by atoms with Crippen LogP contribution in [0.2, 0.25) is 0 Å². The molecule has 0 radical (unpaired) electrons. The van der Waals surface area contributed by atoms with E-state index in [4.69, 9.17) is 9.84 Å². The molecule has 0 aromatic heterocycles. The van der Waals surface area contributed by atoms with Crippen LogP contribution >= 0.6 is 0 Å². The molecule has 0 bridgehead atoms. The number of amides is 2. The molecule has 1 aromatic carbocycles. The van der Waals surface area contributed by atoms with Crippen molar-refractivity contribution in [2.45, 2.75) is 19.3 Å². The van der Waals surface area contributed by atoms with Crippen molar-refractivity contribution in [3.63, 3.8) is 0 Å². The molecule has 0 atom stereocenters. The Morgan fingerprint density at radius 1 is 1.25 bits per heavy atom. The number of carbonyl (C=O) groups excluding carboxylic acids is 1. The maximum Gasteiger partial charge on any atom is 0.319 e. The maximum atomic E-state index is 11.5. The Kier molecular flexibility index (Phi) is 7.13. The molecule has 0 fully saturated rings. The number of carboxylic acids is 1. The van der Waals surface area contributed by atoms with Gasteiger partial charge in [0.25, 0.3) is 0 Å². The van der Waals surface area contributed by atoms with Gasteiger partial charge in [-0.05, 0) is 30.5 Å². The van der Waals surface area contributed by atoms with Crippen molar-refractivity contribution in [1.29, 1.82) is 0 Å². The minimum atomic E-state index is -0.817. The normalized spacial score (nSPS) is 10.1. The van der Waals surface area contributed by atoms with Crippen LogP contribution in [0.4, 0.5) is 10.5 Å². The Hall–Kier alpha value is -2.08. The number of benzene rings is 1. The molecule has 1 rings (SSSR count). The summed E-state index contributed by atoms with van der Waals surface area (Å²) in [6.07, 6.45) is 1.35. The third kappa shape index (κ3) is 6.75. The lowest BCUT2D eigenvalue weighted by Crippen LogP contribution is -2.30. The van der Waals surface area contributed by atoms with Gasteiger partial charge in [-0.2, -0.15) is 0 Å². The molecule has 0 aliphatic carbocycles. The average Bonchev–Trinajstić information content (AvgIpc) is 2.43.